The molecule has 0 aliphatic rings. The van der Waals surface area contributed by atoms with Gasteiger partial charge in [0.05, 0.1) is 18.8 Å². The molecule has 134 valence electrons. The quantitative estimate of drug-likeness (QED) is 0.752. The van der Waals surface area contributed by atoms with E-state index in [9.17, 15) is 9.59 Å². The SMILES string of the molecule is CCOCc1ccccc1NC(=O)c1[nH]c(C)c(C(=O)OCC)c1C. The van der Waals surface area contributed by atoms with E-state index in [1.807, 2.05) is 31.2 Å². The van der Waals surface area contributed by atoms with Crippen molar-refractivity contribution in [3.8, 4) is 0 Å². The Kier molecular flexibility index (Phi) is 6.36. The molecule has 1 heterocycles. The fourth-order valence-electron chi connectivity index (χ4n) is 2.65. The van der Waals surface area contributed by atoms with Crippen LogP contribution in [0.3, 0.4) is 0 Å². The van der Waals surface area contributed by atoms with Crippen molar-refractivity contribution in [2.24, 2.45) is 0 Å². The van der Waals surface area contributed by atoms with Crippen LogP contribution < -0.4 is 5.32 Å². The summed E-state index contributed by atoms with van der Waals surface area (Å²) in [6.07, 6.45) is 0. The van der Waals surface area contributed by atoms with Gasteiger partial charge in [-0.25, -0.2) is 4.79 Å². The van der Waals surface area contributed by atoms with E-state index >= 15 is 0 Å². The summed E-state index contributed by atoms with van der Waals surface area (Å²) < 4.78 is 10.5. The van der Waals surface area contributed by atoms with E-state index < -0.39 is 5.97 Å². The fourth-order valence-corrected chi connectivity index (χ4v) is 2.65. The Balaban J connectivity index is 2.25. The van der Waals surface area contributed by atoms with Crippen molar-refractivity contribution < 1.29 is 19.1 Å². The molecule has 0 fully saturated rings. The number of aromatic nitrogens is 1. The van der Waals surface area contributed by atoms with Gasteiger partial charge in [-0.1, -0.05) is 18.2 Å². The summed E-state index contributed by atoms with van der Waals surface area (Å²) in [4.78, 5) is 27.7. The highest BCUT2D eigenvalue weighted by molar-refractivity contribution is 6.07. The van der Waals surface area contributed by atoms with Crippen LogP contribution in [0.15, 0.2) is 24.3 Å². The number of carbonyl (C=O) groups excluding carboxylic acids is 2. The molecule has 0 spiro atoms. The van der Waals surface area contributed by atoms with E-state index in [1.54, 1.807) is 20.8 Å². The highest BCUT2D eigenvalue weighted by atomic mass is 16.5. The van der Waals surface area contributed by atoms with Crippen LogP contribution in [0.5, 0.6) is 0 Å². The molecule has 0 unspecified atom stereocenters. The average molecular weight is 344 g/mol. The van der Waals surface area contributed by atoms with Crippen LogP contribution in [-0.2, 0) is 16.1 Å². The molecule has 2 rings (SSSR count). The topological polar surface area (TPSA) is 80.4 Å². The summed E-state index contributed by atoms with van der Waals surface area (Å²) in [6, 6.07) is 7.47. The summed E-state index contributed by atoms with van der Waals surface area (Å²) in [7, 11) is 0. The van der Waals surface area contributed by atoms with E-state index in [0.29, 0.717) is 41.4 Å². The number of H-pyrrole nitrogens is 1. The molecule has 25 heavy (non-hydrogen) atoms. The minimum absolute atomic E-state index is 0.287. The number of benzene rings is 1. The van der Waals surface area contributed by atoms with Crippen molar-refractivity contribution in [2.45, 2.75) is 34.3 Å². The van der Waals surface area contributed by atoms with Gasteiger partial charge in [-0.05, 0) is 39.3 Å². The number of para-hydroxylation sites is 1. The molecule has 0 saturated heterocycles. The monoisotopic (exact) mass is 344 g/mol. The van der Waals surface area contributed by atoms with Crippen LogP contribution in [0.1, 0.15) is 51.5 Å². The lowest BCUT2D eigenvalue weighted by Gasteiger charge is -2.11. The predicted octanol–water partition coefficient (Wildman–Crippen LogP) is 3.60. The molecule has 2 aromatic rings. The first-order valence-electron chi connectivity index (χ1n) is 8.32. The Morgan fingerprint density at radius 3 is 2.52 bits per heavy atom. The van der Waals surface area contributed by atoms with Gasteiger partial charge in [0.2, 0.25) is 0 Å². The van der Waals surface area contributed by atoms with E-state index in [-0.39, 0.29) is 12.5 Å². The second-order valence-corrected chi connectivity index (χ2v) is 5.59. The fraction of sp³-hybridized carbons (Fsp3) is 0.368. The van der Waals surface area contributed by atoms with Gasteiger partial charge in [0.15, 0.2) is 0 Å². The maximum atomic E-state index is 12.7. The minimum atomic E-state index is -0.426. The number of carbonyl (C=O) groups is 2. The molecular weight excluding hydrogens is 320 g/mol. The molecule has 0 saturated carbocycles. The first-order chi connectivity index (χ1) is 12.0. The number of rotatable bonds is 7. The van der Waals surface area contributed by atoms with Crippen molar-refractivity contribution in [1.29, 1.82) is 0 Å². The third-order valence-electron chi connectivity index (χ3n) is 3.87. The van der Waals surface area contributed by atoms with Gasteiger partial charge in [0, 0.05) is 23.6 Å². The van der Waals surface area contributed by atoms with E-state index in [2.05, 4.69) is 10.3 Å². The van der Waals surface area contributed by atoms with Gasteiger partial charge in [0.1, 0.15) is 5.69 Å². The van der Waals surface area contributed by atoms with Crippen molar-refractivity contribution in [1.82, 2.24) is 4.98 Å². The summed E-state index contributed by atoms with van der Waals surface area (Å²) in [5.41, 5.74) is 3.54. The molecule has 1 aromatic heterocycles. The highest BCUT2D eigenvalue weighted by Crippen LogP contribution is 2.22. The van der Waals surface area contributed by atoms with Crippen LogP contribution in [0.25, 0.3) is 0 Å². The Morgan fingerprint density at radius 1 is 1.12 bits per heavy atom. The van der Waals surface area contributed by atoms with Crippen molar-refractivity contribution in [3.05, 3.63) is 52.3 Å². The number of amides is 1. The number of aryl methyl sites for hydroxylation is 1. The second-order valence-electron chi connectivity index (χ2n) is 5.59. The standard InChI is InChI=1S/C19H24N2O4/c1-5-24-11-14-9-7-8-10-15(14)21-18(22)17-12(3)16(13(4)20-17)19(23)25-6-2/h7-10,20H,5-6,11H2,1-4H3,(H,21,22). The molecule has 2 N–H and O–H groups in total. The third kappa shape index (κ3) is 4.28. The van der Waals surface area contributed by atoms with Crippen LogP contribution in [0.2, 0.25) is 0 Å². The molecule has 0 aliphatic heterocycles. The van der Waals surface area contributed by atoms with E-state index in [0.717, 1.165) is 5.56 Å². The van der Waals surface area contributed by atoms with Gasteiger partial charge in [-0.3, -0.25) is 4.79 Å². The van der Waals surface area contributed by atoms with Crippen molar-refractivity contribution >= 4 is 17.6 Å². The number of hydrogen-bond donors (Lipinski definition) is 2. The molecule has 0 atom stereocenters. The smallest absolute Gasteiger partial charge is 0.340 e. The lowest BCUT2D eigenvalue weighted by molar-refractivity contribution is 0.0525. The molecule has 0 radical (unpaired) electrons. The highest BCUT2D eigenvalue weighted by Gasteiger charge is 2.23. The maximum Gasteiger partial charge on any atom is 0.340 e. The second kappa shape index (κ2) is 8.48. The van der Waals surface area contributed by atoms with Crippen LogP contribution in [0.4, 0.5) is 5.69 Å². The Hall–Kier alpha value is -2.60. The van der Waals surface area contributed by atoms with Crippen LogP contribution in [-0.4, -0.2) is 30.1 Å². The Labute approximate surface area is 147 Å². The lowest BCUT2D eigenvalue weighted by atomic mass is 10.1. The van der Waals surface area contributed by atoms with Gasteiger partial charge in [-0.15, -0.1) is 0 Å². The molecule has 1 amide bonds. The maximum absolute atomic E-state index is 12.7. The molecule has 6 nitrogen and oxygen atoms in total. The first kappa shape index (κ1) is 18.7. The van der Waals surface area contributed by atoms with Gasteiger partial charge < -0.3 is 19.8 Å². The number of nitrogens with one attached hydrogen (secondary N) is 2. The van der Waals surface area contributed by atoms with Gasteiger partial charge in [-0.2, -0.15) is 0 Å². The van der Waals surface area contributed by atoms with E-state index in [4.69, 9.17) is 9.47 Å². The zero-order valence-electron chi connectivity index (χ0n) is 15.1. The third-order valence-corrected chi connectivity index (χ3v) is 3.87. The van der Waals surface area contributed by atoms with Crippen LogP contribution >= 0.6 is 0 Å². The van der Waals surface area contributed by atoms with Crippen molar-refractivity contribution in [3.63, 3.8) is 0 Å². The Bertz CT molecular complexity index is 765. The first-order valence-corrected chi connectivity index (χ1v) is 8.32. The average Bonchev–Trinajstić information content (AvgIpc) is 2.89. The molecule has 0 aliphatic carbocycles. The molecule has 0 bridgehead atoms. The van der Waals surface area contributed by atoms with Crippen LogP contribution in [0, 0.1) is 13.8 Å². The predicted molar refractivity (Wildman–Crippen MR) is 95.9 cm³/mol. The van der Waals surface area contributed by atoms with Gasteiger partial charge >= 0.3 is 5.97 Å². The summed E-state index contributed by atoms with van der Waals surface area (Å²) in [5.74, 6) is -0.732. The molecule has 6 heteroatoms. The zero-order valence-corrected chi connectivity index (χ0v) is 15.1. The molecule has 1 aromatic carbocycles. The molecular formula is C19H24N2O4. The number of aromatic amines is 1. The summed E-state index contributed by atoms with van der Waals surface area (Å²) in [5, 5.41) is 2.89. The van der Waals surface area contributed by atoms with Crippen molar-refractivity contribution in [2.75, 3.05) is 18.5 Å². The zero-order chi connectivity index (χ0) is 18.4. The summed E-state index contributed by atoms with van der Waals surface area (Å²) >= 11 is 0. The number of ether oxygens (including phenoxy) is 2. The van der Waals surface area contributed by atoms with E-state index in [1.165, 1.54) is 0 Å². The minimum Gasteiger partial charge on any atom is -0.462 e. The number of anilines is 1. The summed E-state index contributed by atoms with van der Waals surface area (Å²) in [6.45, 7) is 8.45. The number of esters is 1. The van der Waals surface area contributed by atoms with Gasteiger partial charge in [0.25, 0.3) is 5.91 Å². The lowest BCUT2D eigenvalue weighted by Crippen LogP contribution is -2.15. The number of hydrogen-bond acceptors (Lipinski definition) is 4. The Morgan fingerprint density at radius 2 is 1.84 bits per heavy atom. The largest absolute Gasteiger partial charge is 0.462 e. The normalized spacial score (nSPS) is 10.6.